The molecule has 0 aromatic heterocycles. The second-order valence-electron chi connectivity index (χ2n) is 4.38. The van der Waals surface area contributed by atoms with Crippen molar-refractivity contribution in [1.29, 1.82) is 5.26 Å². The fraction of sp³-hybridized carbons (Fsp3) is 0.357. The van der Waals surface area contributed by atoms with Crippen LogP contribution in [0.3, 0.4) is 0 Å². The quantitative estimate of drug-likeness (QED) is 0.785. The summed E-state index contributed by atoms with van der Waals surface area (Å²) in [5.41, 5.74) is 2.14. The lowest BCUT2D eigenvalue weighted by molar-refractivity contribution is 0.221. The molecule has 1 unspecified atom stereocenters. The molecule has 0 saturated heterocycles. The molecular formula is C14H17NO. The Hall–Kier alpha value is -1.59. The van der Waals surface area contributed by atoms with Crippen LogP contribution in [0.15, 0.2) is 36.4 Å². The molecule has 1 aromatic carbocycles. The normalized spacial score (nSPS) is 12.2. The molecule has 0 radical (unpaired) electrons. The Morgan fingerprint density at radius 2 is 1.94 bits per heavy atom. The van der Waals surface area contributed by atoms with Gasteiger partial charge >= 0.3 is 0 Å². The summed E-state index contributed by atoms with van der Waals surface area (Å²) in [6.45, 7) is 7.84. The van der Waals surface area contributed by atoms with Gasteiger partial charge in [-0.25, -0.2) is 0 Å². The maximum absolute atomic E-state index is 9.74. The summed E-state index contributed by atoms with van der Waals surface area (Å²) in [5, 5.41) is 18.4. The van der Waals surface area contributed by atoms with Crippen molar-refractivity contribution in [2.75, 3.05) is 0 Å². The largest absolute Gasteiger partial charge is 0.383 e. The Labute approximate surface area is 96.8 Å². The molecule has 1 aromatic rings. The Morgan fingerprint density at radius 3 is 2.38 bits per heavy atom. The molecule has 1 rings (SSSR count). The Balaban J connectivity index is 2.79. The molecular weight excluding hydrogens is 198 g/mol. The highest BCUT2D eigenvalue weighted by molar-refractivity contribution is 5.33. The number of rotatable bonds is 4. The van der Waals surface area contributed by atoms with Crippen molar-refractivity contribution in [2.24, 2.45) is 5.92 Å². The van der Waals surface area contributed by atoms with Gasteiger partial charge in [0.2, 0.25) is 0 Å². The second-order valence-corrected chi connectivity index (χ2v) is 4.38. The third-order valence-electron chi connectivity index (χ3n) is 2.41. The predicted octanol–water partition coefficient (Wildman–Crippen LogP) is 3.00. The van der Waals surface area contributed by atoms with Crippen LogP contribution in [0.5, 0.6) is 0 Å². The van der Waals surface area contributed by atoms with Gasteiger partial charge in [0.25, 0.3) is 0 Å². The van der Waals surface area contributed by atoms with Crippen LogP contribution in [0.4, 0.5) is 0 Å². The molecule has 0 aliphatic carbocycles. The molecule has 0 aliphatic heterocycles. The second kappa shape index (κ2) is 5.48. The molecule has 0 amide bonds. The van der Waals surface area contributed by atoms with Gasteiger partial charge in [0.05, 0.1) is 11.6 Å². The number of hydrogen-bond acceptors (Lipinski definition) is 2. The van der Waals surface area contributed by atoms with Gasteiger partial charge in [0.1, 0.15) is 6.10 Å². The van der Waals surface area contributed by atoms with Gasteiger partial charge in [0.15, 0.2) is 0 Å². The first-order valence-corrected chi connectivity index (χ1v) is 5.40. The smallest absolute Gasteiger partial charge is 0.113 e. The first kappa shape index (κ1) is 12.5. The number of hydrogen-bond donors (Lipinski definition) is 1. The Bertz CT molecular complexity index is 398. The van der Waals surface area contributed by atoms with E-state index in [1.54, 1.807) is 0 Å². The standard InChI is InChI=1S/C14H17NO/c1-10(2)8-12-4-6-13(7-5-12)14(16)11(3)9-15/h4-7,10,14,16H,3,8H2,1-2H3. The average Bonchev–Trinajstić information content (AvgIpc) is 2.27. The summed E-state index contributed by atoms with van der Waals surface area (Å²) < 4.78 is 0. The van der Waals surface area contributed by atoms with Crippen LogP contribution in [0.25, 0.3) is 0 Å². The zero-order valence-corrected chi connectivity index (χ0v) is 9.77. The van der Waals surface area contributed by atoms with E-state index in [-0.39, 0.29) is 5.57 Å². The molecule has 84 valence electrons. The van der Waals surface area contributed by atoms with E-state index < -0.39 is 6.10 Å². The van der Waals surface area contributed by atoms with E-state index in [0.29, 0.717) is 5.92 Å². The molecule has 0 fully saturated rings. The average molecular weight is 215 g/mol. The zero-order valence-electron chi connectivity index (χ0n) is 9.77. The van der Waals surface area contributed by atoms with Crippen LogP contribution in [0.1, 0.15) is 31.1 Å². The third-order valence-corrected chi connectivity index (χ3v) is 2.41. The van der Waals surface area contributed by atoms with Crippen molar-refractivity contribution < 1.29 is 5.11 Å². The van der Waals surface area contributed by atoms with Crippen LogP contribution in [0.2, 0.25) is 0 Å². The number of nitriles is 1. The summed E-state index contributed by atoms with van der Waals surface area (Å²) in [6, 6.07) is 9.55. The highest BCUT2D eigenvalue weighted by atomic mass is 16.3. The summed E-state index contributed by atoms with van der Waals surface area (Å²) in [7, 11) is 0. The number of aliphatic hydroxyl groups is 1. The van der Waals surface area contributed by atoms with E-state index in [4.69, 9.17) is 5.26 Å². The molecule has 2 nitrogen and oxygen atoms in total. The molecule has 0 aliphatic rings. The SMILES string of the molecule is C=C(C#N)C(O)c1ccc(CC(C)C)cc1. The van der Waals surface area contributed by atoms with E-state index in [1.807, 2.05) is 30.3 Å². The van der Waals surface area contributed by atoms with Crippen molar-refractivity contribution in [1.82, 2.24) is 0 Å². The maximum Gasteiger partial charge on any atom is 0.113 e. The van der Waals surface area contributed by atoms with Crippen LogP contribution >= 0.6 is 0 Å². The molecule has 0 heterocycles. The lowest BCUT2D eigenvalue weighted by Gasteiger charge is -2.10. The van der Waals surface area contributed by atoms with Gasteiger partial charge in [0, 0.05) is 0 Å². The van der Waals surface area contributed by atoms with E-state index in [2.05, 4.69) is 20.4 Å². The lowest BCUT2D eigenvalue weighted by Crippen LogP contribution is -2.00. The molecule has 16 heavy (non-hydrogen) atoms. The third kappa shape index (κ3) is 3.22. The molecule has 0 spiro atoms. The lowest BCUT2D eigenvalue weighted by atomic mass is 9.98. The molecule has 2 heteroatoms. The number of benzene rings is 1. The van der Waals surface area contributed by atoms with Gasteiger partial charge in [-0.1, -0.05) is 44.7 Å². The van der Waals surface area contributed by atoms with Crippen molar-refractivity contribution in [3.05, 3.63) is 47.5 Å². The highest BCUT2D eigenvalue weighted by Gasteiger charge is 2.10. The van der Waals surface area contributed by atoms with Crippen LogP contribution < -0.4 is 0 Å². The molecule has 0 saturated carbocycles. The van der Waals surface area contributed by atoms with Crippen molar-refractivity contribution in [3.63, 3.8) is 0 Å². The summed E-state index contributed by atoms with van der Waals surface area (Å²) in [4.78, 5) is 0. The fourth-order valence-corrected chi connectivity index (χ4v) is 1.57. The van der Waals surface area contributed by atoms with Crippen molar-refractivity contribution >= 4 is 0 Å². The van der Waals surface area contributed by atoms with Crippen molar-refractivity contribution in [3.8, 4) is 6.07 Å². The summed E-state index contributed by atoms with van der Waals surface area (Å²) >= 11 is 0. The minimum absolute atomic E-state index is 0.177. The van der Waals surface area contributed by atoms with E-state index in [1.165, 1.54) is 5.56 Å². The topological polar surface area (TPSA) is 44.0 Å². The van der Waals surface area contributed by atoms with Gasteiger partial charge < -0.3 is 5.11 Å². The van der Waals surface area contributed by atoms with Gasteiger partial charge in [-0.05, 0) is 23.5 Å². The monoisotopic (exact) mass is 215 g/mol. The maximum atomic E-state index is 9.74. The van der Waals surface area contributed by atoms with Crippen LogP contribution in [-0.2, 0) is 6.42 Å². The minimum Gasteiger partial charge on any atom is -0.383 e. The highest BCUT2D eigenvalue weighted by Crippen LogP contribution is 2.20. The minimum atomic E-state index is -0.877. The van der Waals surface area contributed by atoms with Crippen LogP contribution in [-0.4, -0.2) is 5.11 Å². The number of aliphatic hydroxyl groups excluding tert-OH is 1. The van der Waals surface area contributed by atoms with Crippen LogP contribution in [0, 0.1) is 17.2 Å². The van der Waals surface area contributed by atoms with E-state index in [9.17, 15) is 5.11 Å². The summed E-state index contributed by atoms with van der Waals surface area (Å²) in [5.74, 6) is 0.616. The number of nitrogens with zero attached hydrogens (tertiary/aromatic N) is 1. The fourth-order valence-electron chi connectivity index (χ4n) is 1.57. The zero-order chi connectivity index (χ0) is 12.1. The van der Waals surface area contributed by atoms with Gasteiger partial charge in [-0.15, -0.1) is 0 Å². The molecule has 1 atom stereocenters. The van der Waals surface area contributed by atoms with E-state index >= 15 is 0 Å². The Morgan fingerprint density at radius 1 is 1.38 bits per heavy atom. The Kier molecular flexibility index (Phi) is 4.28. The van der Waals surface area contributed by atoms with Gasteiger partial charge in [-0.2, -0.15) is 5.26 Å². The molecule has 0 bridgehead atoms. The van der Waals surface area contributed by atoms with Crippen molar-refractivity contribution in [2.45, 2.75) is 26.4 Å². The summed E-state index contributed by atoms with van der Waals surface area (Å²) in [6.07, 6.45) is 0.147. The van der Waals surface area contributed by atoms with E-state index in [0.717, 1.165) is 12.0 Å². The first-order valence-electron chi connectivity index (χ1n) is 5.40. The predicted molar refractivity (Wildman–Crippen MR) is 64.7 cm³/mol. The first-order chi connectivity index (χ1) is 7.54. The van der Waals surface area contributed by atoms with Gasteiger partial charge in [-0.3, -0.25) is 0 Å². The molecule has 1 N–H and O–H groups in total.